The van der Waals surface area contributed by atoms with Gasteiger partial charge in [-0.3, -0.25) is 4.79 Å². The molecule has 1 fully saturated rings. The Labute approximate surface area is 214 Å². The molecule has 0 spiro atoms. The van der Waals surface area contributed by atoms with Crippen LogP contribution in [0, 0.1) is 18.7 Å². The molecule has 2 aromatic heterocycles. The lowest BCUT2D eigenvalue weighted by atomic mass is 9.86. The van der Waals surface area contributed by atoms with Gasteiger partial charge < -0.3 is 10.4 Å². The zero-order chi connectivity index (χ0) is 26.6. The van der Waals surface area contributed by atoms with Gasteiger partial charge in [0.25, 0.3) is 5.91 Å². The lowest BCUT2D eigenvalue weighted by Crippen LogP contribution is -2.37. The van der Waals surface area contributed by atoms with Gasteiger partial charge >= 0.3 is 0 Å². The van der Waals surface area contributed by atoms with Crippen LogP contribution in [0.25, 0.3) is 11.4 Å². The second kappa shape index (κ2) is 11.4. The maximum atomic E-state index is 13.6. The first-order valence-corrected chi connectivity index (χ1v) is 13.9. The van der Waals surface area contributed by atoms with Gasteiger partial charge in [0.15, 0.2) is 0 Å². The largest absolute Gasteiger partial charge is 0.392 e. The number of sulfonamides is 1. The van der Waals surface area contributed by atoms with E-state index in [1.165, 1.54) is 23.2 Å². The van der Waals surface area contributed by atoms with Crippen LogP contribution in [0.5, 0.6) is 0 Å². The van der Waals surface area contributed by atoms with E-state index in [1.807, 2.05) is 0 Å². The molecule has 3 aromatic rings. The molecule has 1 saturated carbocycles. The molecule has 0 saturated heterocycles. The van der Waals surface area contributed by atoms with E-state index >= 15 is 0 Å². The van der Waals surface area contributed by atoms with Crippen molar-refractivity contribution in [2.45, 2.75) is 58.3 Å². The van der Waals surface area contributed by atoms with Crippen molar-refractivity contribution in [2.24, 2.45) is 5.92 Å². The van der Waals surface area contributed by atoms with Gasteiger partial charge in [-0.05, 0) is 73.6 Å². The van der Waals surface area contributed by atoms with E-state index in [4.69, 9.17) is 0 Å². The Morgan fingerprint density at radius 3 is 2.65 bits per heavy atom. The van der Waals surface area contributed by atoms with Crippen LogP contribution < -0.4 is 10.0 Å². The number of hydrogen-bond acceptors (Lipinski definition) is 8. The molecule has 13 heteroatoms. The zero-order valence-electron chi connectivity index (χ0n) is 20.7. The molecule has 1 aliphatic rings. The maximum absolute atomic E-state index is 13.6. The summed E-state index contributed by atoms with van der Waals surface area (Å²) in [4.78, 5) is 18.6. The molecule has 198 valence electrons. The van der Waals surface area contributed by atoms with Crippen molar-refractivity contribution in [2.75, 3.05) is 6.26 Å². The molecule has 2 heterocycles. The van der Waals surface area contributed by atoms with Crippen LogP contribution >= 0.6 is 0 Å². The van der Waals surface area contributed by atoms with E-state index in [2.05, 4.69) is 30.4 Å². The van der Waals surface area contributed by atoms with Gasteiger partial charge in [-0.25, -0.2) is 22.5 Å². The van der Waals surface area contributed by atoms with Gasteiger partial charge in [0.05, 0.1) is 19.4 Å². The van der Waals surface area contributed by atoms with E-state index in [1.54, 1.807) is 25.1 Å². The molecule has 0 aliphatic heterocycles. The Morgan fingerprint density at radius 1 is 1.19 bits per heavy atom. The second-order valence-corrected chi connectivity index (χ2v) is 11.2. The number of hydrogen-bond donors (Lipinski definition) is 3. The van der Waals surface area contributed by atoms with Crippen LogP contribution in [0.15, 0.2) is 30.3 Å². The average molecular weight is 532 g/mol. The number of nitrogens with one attached hydrogen (secondary N) is 2. The first-order valence-electron chi connectivity index (χ1n) is 12.0. The number of benzene rings is 1. The highest BCUT2D eigenvalue weighted by Gasteiger charge is 2.24. The fraction of sp³-hybridized carbons (Fsp3) is 0.458. The predicted molar refractivity (Wildman–Crippen MR) is 133 cm³/mol. The number of aliphatic hydroxyl groups excluding tert-OH is 1. The Morgan fingerprint density at radius 2 is 1.95 bits per heavy atom. The number of carbonyl (C=O) groups is 1. The fourth-order valence-electron chi connectivity index (χ4n) is 4.48. The Bertz CT molecular complexity index is 1370. The summed E-state index contributed by atoms with van der Waals surface area (Å²) in [5.41, 5.74) is 2.22. The molecule has 3 N–H and O–H groups in total. The summed E-state index contributed by atoms with van der Waals surface area (Å²) in [6.07, 6.45) is 4.42. The highest BCUT2D eigenvalue weighted by atomic mass is 32.2. The number of amides is 1. The van der Waals surface area contributed by atoms with Crippen molar-refractivity contribution >= 4 is 15.9 Å². The SMILES string of the molecule is Cc1cc(-c2nnn(CC3CCC(NS(C)(=O)=O)CC3)n2)cc(C(=O)NCc2ccc(F)c(CO)c2)n1. The van der Waals surface area contributed by atoms with Gasteiger partial charge in [0.2, 0.25) is 15.8 Å². The van der Waals surface area contributed by atoms with Crippen molar-refractivity contribution in [1.29, 1.82) is 0 Å². The number of carbonyl (C=O) groups excluding carboxylic acids is 1. The van der Waals surface area contributed by atoms with Crippen molar-refractivity contribution in [3.8, 4) is 11.4 Å². The number of nitrogens with zero attached hydrogens (tertiary/aromatic N) is 5. The molecule has 1 aromatic carbocycles. The van der Waals surface area contributed by atoms with Crippen LogP contribution in [0.1, 0.15) is 53.0 Å². The highest BCUT2D eigenvalue weighted by molar-refractivity contribution is 7.88. The highest BCUT2D eigenvalue weighted by Crippen LogP contribution is 2.26. The van der Waals surface area contributed by atoms with E-state index in [-0.39, 0.29) is 23.8 Å². The van der Waals surface area contributed by atoms with Crippen molar-refractivity contribution < 1.29 is 22.7 Å². The summed E-state index contributed by atoms with van der Waals surface area (Å²) < 4.78 is 39.1. The first kappa shape index (κ1) is 26.8. The normalized spacial score (nSPS) is 18.1. The number of aryl methyl sites for hydroxylation is 1. The molecular weight excluding hydrogens is 501 g/mol. The molecular formula is C24H30FN7O4S. The van der Waals surface area contributed by atoms with Gasteiger partial charge in [-0.15, -0.1) is 10.2 Å². The summed E-state index contributed by atoms with van der Waals surface area (Å²) >= 11 is 0. The Hall–Kier alpha value is -3.29. The van der Waals surface area contributed by atoms with Crippen LogP contribution in [-0.2, 0) is 29.7 Å². The number of pyridine rings is 1. The maximum Gasteiger partial charge on any atom is 0.270 e. The lowest BCUT2D eigenvalue weighted by molar-refractivity contribution is 0.0945. The number of aromatic nitrogens is 5. The van der Waals surface area contributed by atoms with Crippen molar-refractivity contribution in [3.63, 3.8) is 0 Å². The third-order valence-corrected chi connectivity index (χ3v) is 7.04. The lowest BCUT2D eigenvalue weighted by Gasteiger charge is -2.27. The molecule has 0 bridgehead atoms. The third kappa shape index (κ3) is 7.37. The predicted octanol–water partition coefficient (Wildman–Crippen LogP) is 1.71. The van der Waals surface area contributed by atoms with E-state index in [9.17, 15) is 22.7 Å². The molecule has 0 atom stereocenters. The third-order valence-electron chi connectivity index (χ3n) is 6.28. The monoisotopic (exact) mass is 531 g/mol. The first-order chi connectivity index (χ1) is 17.6. The number of rotatable bonds is 9. The van der Waals surface area contributed by atoms with E-state index in [0.29, 0.717) is 35.1 Å². The quantitative estimate of drug-likeness (QED) is 0.377. The molecule has 37 heavy (non-hydrogen) atoms. The second-order valence-electron chi connectivity index (χ2n) is 9.42. The summed E-state index contributed by atoms with van der Waals surface area (Å²) in [7, 11) is -3.21. The molecule has 1 amide bonds. The Balaban J connectivity index is 1.38. The van der Waals surface area contributed by atoms with E-state index in [0.717, 1.165) is 25.7 Å². The Kier molecular flexibility index (Phi) is 8.25. The van der Waals surface area contributed by atoms with E-state index < -0.39 is 28.4 Å². The number of aliphatic hydroxyl groups is 1. The summed E-state index contributed by atoms with van der Waals surface area (Å²) in [5.74, 6) is -0.220. The van der Waals surface area contributed by atoms with Crippen molar-refractivity contribution in [3.05, 3.63) is 58.7 Å². The van der Waals surface area contributed by atoms with Crippen molar-refractivity contribution in [1.82, 2.24) is 35.2 Å². The molecule has 4 rings (SSSR count). The number of halogens is 1. The van der Waals surface area contributed by atoms with Gasteiger partial charge in [-0.2, -0.15) is 4.80 Å². The fourth-order valence-corrected chi connectivity index (χ4v) is 5.32. The van der Waals surface area contributed by atoms with Gasteiger partial charge in [-0.1, -0.05) is 6.07 Å². The standard InChI is InChI=1S/C24H30FN7O4S/c1-15-9-18(11-22(27-15)24(34)26-12-17-5-8-21(25)19(10-17)14-33)23-28-31-32(29-23)13-16-3-6-20(7-4-16)30-37(2,35)36/h5,8-11,16,20,30,33H,3-4,6-7,12-14H2,1-2H3,(H,26,34). The van der Waals surface area contributed by atoms with Crippen LogP contribution in [0.3, 0.4) is 0 Å². The molecule has 1 aliphatic carbocycles. The van der Waals surface area contributed by atoms with Gasteiger partial charge in [0, 0.05) is 29.4 Å². The van der Waals surface area contributed by atoms with Gasteiger partial charge in [0.1, 0.15) is 11.5 Å². The average Bonchev–Trinajstić information content (AvgIpc) is 3.32. The summed E-state index contributed by atoms with van der Waals surface area (Å²) in [5, 5.41) is 24.8. The minimum Gasteiger partial charge on any atom is -0.392 e. The molecule has 11 nitrogen and oxygen atoms in total. The minimum absolute atomic E-state index is 0.0327. The van der Waals surface area contributed by atoms with Crippen LogP contribution in [-0.4, -0.2) is 56.9 Å². The van der Waals surface area contributed by atoms with Crippen LogP contribution in [0.2, 0.25) is 0 Å². The molecule has 0 radical (unpaired) electrons. The molecule has 0 unspecified atom stereocenters. The summed E-state index contributed by atoms with van der Waals surface area (Å²) in [6.45, 7) is 2.06. The minimum atomic E-state index is -3.21. The van der Waals surface area contributed by atoms with Crippen LogP contribution in [0.4, 0.5) is 4.39 Å². The summed E-state index contributed by atoms with van der Waals surface area (Å²) in [6, 6.07) is 7.63. The number of tetrazole rings is 1. The smallest absolute Gasteiger partial charge is 0.270 e. The topological polar surface area (TPSA) is 152 Å². The zero-order valence-corrected chi connectivity index (χ0v) is 21.5.